The topological polar surface area (TPSA) is 48.8 Å². The molecule has 0 bridgehead atoms. The Morgan fingerprint density at radius 1 is 1.43 bits per heavy atom. The Morgan fingerprint density at radius 3 is 2.79 bits per heavy atom. The van der Waals surface area contributed by atoms with Gasteiger partial charge in [0.05, 0.1) is 0 Å². The number of aryl methyl sites for hydroxylation is 1. The van der Waals surface area contributed by atoms with Crippen molar-refractivity contribution >= 4 is 0 Å². The van der Waals surface area contributed by atoms with Gasteiger partial charge < -0.3 is 0 Å². The lowest BCUT2D eigenvalue weighted by atomic mass is 9.98. The third-order valence-corrected chi connectivity index (χ3v) is 2.29. The molecule has 1 aromatic rings. The lowest BCUT2D eigenvalue weighted by Crippen LogP contribution is -2.04. The fraction of sp³-hybridized carbons (Fsp3) is 0.455. The third-order valence-electron chi connectivity index (χ3n) is 2.29. The summed E-state index contributed by atoms with van der Waals surface area (Å²) < 4.78 is 0. The molecule has 3 heteroatoms. The first kappa shape index (κ1) is 10.6. The van der Waals surface area contributed by atoms with Crippen molar-refractivity contribution in [3.63, 3.8) is 0 Å². The van der Waals surface area contributed by atoms with Gasteiger partial charge in [-0.1, -0.05) is 36.3 Å². The molecule has 0 fully saturated rings. The minimum Gasteiger partial charge on any atom is -0.0937 e. The van der Waals surface area contributed by atoms with Gasteiger partial charge in [0.1, 0.15) is 0 Å². The van der Waals surface area contributed by atoms with E-state index in [1.165, 1.54) is 11.1 Å². The van der Waals surface area contributed by atoms with E-state index < -0.39 is 0 Å². The van der Waals surface area contributed by atoms with Gasteiger partial charge in [0, 0.05) is 11.5 Å². The van der Waals surface area contributed by atoms with E-state index in [9.17, 15) is 0 Å². The van der Waals surface area contributed by atoms with Gasteiger partial charge in [-0.05, 0) is 35.9 Å². The van der Waals surface area contributed by atoms with Crippen molar-refractivity contribution in [1.82, 2.24) is 0 Å². The molecule has 0 spiro atoms. The molecule has 0 aromatic heterocycles. The second-order valence-electron chi connectivity index (χ2n) is 3.65. The quantitative estimate of drug-likeness (QED) is 0.395. The van der Waals surface area contributed by atoms with Crippen molar-refractivity contribution < 1.29 is 0 Å². The van der Waals surface area contributed by atoms with E-state index in [4.69, 9.17) is 5.53 Å². The fourth-order valence-corrected chi connectivity index (χ4v) is 1.45. The van der Waals surface area contributed by atoms with Gasteiger partial charge in [0.15, 0.2) is 0 Å². The maximum absolute atomic E-state index is 8.19. The Balaban J connectivity index is 2.60. The summed E-state index contributed by atoms with van der Waals surface area (Å²) in [6.45, 7) is 4.78. The standard InChI is InChI=1S/C11H15N3/c1-9(8-13-14-12)7-11-6-4-3-5-10(11)2/h3-6,9H,7-8H2,1-2H3. The van der Waals surface area contributed by atoms with Crippen LogP contribution in [-0.4, -0.2) is 6.54 Å². The number of nitrogens with zero attached hydrogens (tertiary/aromatic N) is 3. The highest BCUT2D eigenvalue weighted by atomic mass is 15.1. The Labute approximate surface area is 84.4 Å². The van der Waals surface area contributed by atoms with Gasteiger partial charge in [-0.2, -0.15) is 0 Å². The number of benzene rings is 1. The van der Waals surface area contributed by atoms with Crippen LogP contribution >= 0.6 is 0 Å². The van der Waals surface area contributed by atoms with Crippen LogP contribution in [0.4, 0.5) is 0 Å². The Morgan fingerprint density at radius 2 is 2.14 bits per heavy atom. The predicted octanol–water partition coefficient (Wildman–Crippen LogP) is 3.48. The van der Waals surface area contributed by atoms with E-state index in [1.807, 2.05) is 12.1 Å². The summed E-state index contributed by atoms with van der Waals surface area (Å²) in [5.41, 5.74) is 10.8. The second kappa shape index (κ2) is 5.30. The number of hydrogen-bond acceptors (Lipinski definition) is 1. The predicted molar refractivity (Wildman–Crippen MR) is 58.1 cm³/mol. The third kappa shape index (κ3) is 3.11. The lowest BCUT2D eigenvalue weighted by Gasteiger charge is -2.10. The van der Waals surface area contributed by atoms with Gasteiger partial charge >= 0.3 is 0 Å². The fourth-order valence-electron chi connectivity index (χ4n) is 1.45. The van der Waals surface area contributed by atoms with Crippen molar-refractivity contribution in [3.05, 3.63) is 45.8 Å². The number of rotatable bonds is 4. The zero-order valence-electron chi connectivity index (χ0n) is 8.64. The van der Waals surface area contributed by atoms with Crippen LogP contribution in [0.5, 0.6) is 0 Å². The number of hydrogen-bond donors (Lipinski definition) is 0. The molecule has 74 valence electrons. The Hall–Kier alpha value is -1.47. The molecule has 1 atom stereocenters. The van der Waals surface area contributed by atoms with Crippen molar-refractivity contribution in [2.24, 2.45) is 11.0 Å². The van der Waals surface area contributed by atoms with Crippen LogP contribution < -0.4 is 0 Å². The molecule has 0 saturated carbocycles. The largest absolute Gasteiger partial charge is 0.0937 e. The maximum atomic E-state index is 8.19. The molecule has 0 amide bonds. The van der Waals surface area contributed by atoms with Crippen molar-refractivity contribution in [1.29, 1.82) is 0 Å². The molecule has 0 aliphatic heterocycles. The van der Waals surface area contributed by atoms with E-state index in [2.05, 4.69) is 36.0 Å². The SMILES string of the molecule is Cc1ccccc1CC(C)CN=[N+]=[N-]. The summed E-state index contributed by atoms with van der Waals surface area (Å²) in [5, 5.41) is 3.58. The Kier molecular flexibility index (Phi) is 4.02. The highest BCUT2D eigenvalue weighted by molar-refractivity contribution is 5.25. The maximum Gasteiger partial charge on any atom is 0.0286 e. The van der Waals surface area contributed by atoms with Gasteiger partial charge in [-0.15, -0.1) is 0 Å². The lowest BCUT2D eigenvalue weighted by molar-refractivity contribution is 0.590. The van der Waals surface area contributed by atoms with E-state index in [1.54, 1.807) is 0 Å². The van der Waals surface area contributed by atoms with Gasteiger partial charge in [0.25, 0.3) is 0 Å². The van der Waals surface area contributed by atoms with Gasteiger partial charge in [0.2, 0.25) is 0 Å². The van der Waals surface area contributed by atoms with Crippen LogP contribution in [0, 0.1) is 12.8 Å². The summed E-state index contributed by atoms with van der Waals surface area (Å²) in [6, 6.07) is 8.32. The summed E-state index contributed by atoms with van der Waals surface area (Å²) >= 11 is 0. The highest BCUT2D eigenvalue weighted by Gasteiger charge is 2.03. The minimum absolute atomic E-state index is 0.409. The van der Waals surface area contributed by atoms with Crippen molar-refractivity contribution in [3.8, 4) is 0 Å². The van der Waals surface area contributed by atoms with E-state index >= 15 is 0 Å². The summed E-state index contributed by atoms with van der Waals surface area (Å²) in [5.74, 6) is 0.409. The molecule has 0 aliphatic carbocycles. The van der Waals surface area contributed by atoms with Gasteiger partial charge in [-0.25, -0.2) is 0 Å². The molecule has 1 unspecified atom stereocenters. The average molecular weight is 189 g/mol. The molecule has 3 nitrogen and oxygen atoms in total. The van der Waals surface area contributed by atoms with Gasteiger partial charge in [-0.3, -0.25) is 0 Å². The first-order valence-electron chi connectivity index (χ1n) is 4.79. The minimum atomic E-state index is 0.409. The highest BCUT2D eigenvalue weighted by Crippen LogP contribution is 2.13. The molecule has 0 aliphatic rings. The molecule has 0 radical (unpaired) electrons. The van der Waals surface area contributed by atoms with E-state index in [0.717, 1.165) is 6.42 Å². The zero-order valence-corrected chi connectivity index (χ0v) is 8.64. The summed E-state index contributed by atoms with van der Waals surface area (Å²) in [4.78, 5) is 2.76. The Bertz CT molecular complexity index is 340. The van der Waals surface area contributed by atoms with Crippen LogP contribution in [0.1, 0.15) is 18.1 Å². The smallest absolute Gasteiger partial charge is 0.0286 e. The average Bonchev–Trinajstić information content (AvgIpc) is 2.18. The normalized spacial score (nSPS) is 11.9. The molecule has 0 saturated heterocycles. The summed E-state index contributed by atoms with van der Waals surface area (Å²) in [7, 11) is 0. The molecule has 14 heavy (non-hydrogen) atoms. The van der Waals surface area contributed by atoms with Crippen LogP contribution in [0.2, 0.25) is 0 Å². The van der Waals surface area contributed by atoms with E-state index in [0.29, 0.717) is 12.5 Å². The van der Waals surface area contributed by atoms with Crippen molar-refractivity contribution in [2.45, 2.75) is 20.3 Å². The molecule has 0 heterocycles. The van der Waals surface area contributed by atoms with Crippen molar-refractivity contribution in [2.75, 3.05) is 6.54 Å². The molecule has 1 rings (SSSR count). The first-order chi connectivity index (χ1) is 6.74. The molecule has 0 N–H and O–H groups in total. The molecular formula is C11H15N3. The zero-order chi connectivity index (χ0) is 10.4. The second-order valence-corrected chi connectivity index (χ2v) is 3.65. The van der Waals surface area contributed by atoms with Crippen LogP contribution in [0.15, 0.2) is 29.4 Å². The molecule has 1 aromatic carbocycles. The first-order valence-corrected chi connectivity index (χ1v) is 4.79. The monoisotopic (exact) mass is 189 g/mol. The van der Waals surface area contributed by atoms with Crippen LogP contribution in [0.3, 0.4) is 0 Å². The summed E-state index contributed by atoms with van der Waals surface area (Å²) in [6.07, 6.45) is 0.978. The number of azide groups is 1. The molecular weight excluding hydrogens is 174 g/mol. The van der Waals surface area contributed by atoms with E-state index in [-0.39, 0.29) is 0 Å². The van der Waals surface area contributed by atoms with Crippen LogP contribution in [0.25, 0.3) is 10.4 Å². The van der Waals surface area contributed by atoms with Crippen LogP contribution in [-0.2, 0) is 6.42 Å².